The predicted molar refractivity (Wildman–Crippen MR) is 84.8 cm³/mol. The van der Waals surface area contributed by atoms with Gasteiger partial charge in [0.1, 0.15) is 0 Å². The molecule has 0 aromatic carbocycles. The first-order valence-corrected chi connectivity index (χ1v) is 10.6. The number of imidazole rings is 1. The normalized spacial score (nSPS) is 23.2. The molecule has 0 bridgehead atoms. The quantitative estimate of drug-likeness (QED) is 0.694. The highest BCUT2D eigenvalue weighted by molar-refractivity contribution is 7.89. The van der Waals surface area contributed by atoms with Crippen LogP contribution in [0.15, 0.2) is 17.6 Å². The highest BCUT2D eigenvalue weighted by atomic mass is 32.2. The van der Waals surface area contributed by atoms with Gasteiger partial charge in [0.15, 0.2) is 5.03 Å². The molecule has 2 saturated heterocycles. The molecule has 1 aromatic rings. The molecule has 10 nitrogen and oxygen atoms in total. The van der Waals surface area contributed by atoms with Gasteiger partial charge in [0.05, 0.1) is 25.7 Å². The van der Waals surface area contributed by atoms with Crippen LogP contribution in [-0.2, 0) is 25.0 Å². The molecule has 24 heavy (non-hydrogen) atoms. The van der Waals surface area contributed by atoms with Crippen LogP contribution in [0.2, 0.25) is 0 Å². The van der Waals surface area contributed by atoms with Gasteiger partial charge in [0, 0.05) is 39.3 Å². The Balaban J connectivity index is 1.71. The van der Waals surface area contributed by atoms with Crippen LogP contribution in [0.1, 0.15) is 6.42 Å². The topological polar surface area (TPSA) is 116 Å². The second kappa shape index (κ2) is 7.06. The van der Waals surface area contributed by atoms with Crippen LogP contribution in [0.25, 0.3) is 0 Å². The molecule has 12 heteroatoms. The summed E-state index contributed by atoms with van der Waals surface area (Å²) in [5.41, 5.74) is 0. The molecule has 0 atom stereocenters. The van der Waals surface area contributed by atoms with Gasteiger partial charge in [0.2, 0.25) is 0 Å². The maximum atomic E-state index is 12.7. The number of hydrogen-bond acceptors (Lipinski definition) is 6. The van der Waals surface area contributed by atoms with Crippen molar-refractivity contribution in [1.82, 2.24) is 22.9 Å². The fourth-order valence-corrected chi connectivity index (χ4v) is 5.78. The molecule has 0 radical (unpaired) electrons. The van der Waals surface area contributed by atoms with Gasteiger partial charge in [-0.3, -0.25) is 0 Å². The van der Waals surface area contributed by atoms with Gasteiger partial charge in [-0.2, -0.15) is 21.3 Å². The molecule has 2 aliphatic heterocycles. The van der Waals surface area contributed by atoms with Crippen LogP contribution in [0, 0.1) is 0 Å². The van der Waals surface area contributed by atoms with E-state index in [1.54, 1.807) is 0 Å². The SMILES string of the molecule is O=S(=O)(c1cnc[nH]1)N1CCCN(S(=O)(=O)N2CCOCC2)CC1. The van der Waals surface area contributed by atoms with Gasteiger partial charge in [-0.15, -0.1) is 0 Å². The lowest BCUT2D eigenvalue weighted by molar-refractivity contribution is 0.0702. The Bertz CT molecular complexity index is 743. The zero-order valence-electron chi connectivity index (χ0n) is 13.2. The van der Waals surface area contributed by atoms with Crippen LogP contribution >= 0.6 is 0 Å². The zero-order valence-corrected chi connectivity index (χ0v) is 14.8. The summed E-state index contributed by atoms with van der Waals surface area (Å²) in [5, 5.41) is 0.0204. The van der Waals surface area contributed by atoms with E-state index in [1.807, 2.05) is 0 Å². The van der Waals surface area contributed by atoms with Gasteiger partial charge in [-0.1, -0.05) is 0 Å². The summed E-state index contributed by atoms with van der Waals surface area (Å²) in [7, 11) is -7.26. The van der Waals surface area contributed by atoms with Crippen LogP contribution in [0.4, 0.5) is 0 Å². The number of ether oxygens (including phenoxy) is 1. The van der Waals surface area contributed by atoms with E-state index >= 15 is 0 Å². The molecule has 2 fully saturated rings. The lowest BCUT2D eigenvalue weighted by Gasteiger charge is -2.31. The summed E-state index contributed by atoms with van der Waals surface area (Å²) in [6.45, 7) is 2.24. The number of rotatable bonds is 4. The third-order valence-electron chi connectivity index (χ3n) is 4.13. The van der Waals surface area contributed by atoms with Crippen LogP contribution in [0.3, 0.4) is 0 Å². The largest absolute Gasteiger partial charge is 0.379 e. The van der Waals surface area contributed by atoms with E-state index in [0.717, 1.165) is 0 Å². The Morgan fingerprint density at radius 3 is 2.21 bits per heavy atom. The van der Waals surface area contributed by atoms with Crippen molar-refractivity contribution in [3.8, 4) is 0 Å². The highest BCUT2D eigenvalue weighted by Crippen LogP contribution is 2.18. The summed E-state index contributed by atoms with van der Waals surface area (Å²) >= 11 is 0. The zero-order chi connectivity index (χ0) is 17.2. The predicted octanol–water partition coefficient (Wildman–Crippen LogP) is -1.32. The van der Waals surface area contributed by atoms with Gasteiger partial charge in [-0.05, 0) is 6.42 Å². The van der Waals surface area contributed by atoms with Gasteiger partial charge in [-0.25, -0.2) is 13.4 Å². The van der Waals surface area contributed by atoms with Crippen molar-refractivity contribution in [3.63, 3.8) is 0 Å². The fourth-order valence-electron chi connectivity index (χ4n) is 2.81. The Hall–Kier alpha value is -1.05. The summed E-state index contributed by atoms with van der Waals surface area (Å²) in [5.74, 6) is 0. The molecule has 0 unspecified atom stereocenters. The summed E-state index contributed by atoms with van der Waals surface area (Å²) in [6, 6.07) is 0. The van der Waals surface area contributed by atoms with E-state index < -0.39 is 20.2 Å². The van der Waals surface area contributed by atoms with Crippen molar-refractivity contribution >= 4 is 20.2 Å². The molecular formula is C12H21N5O5S2. The number of sulfonamides is 1. The lowest BCUT2D eigenvalue weighted by Crippen LogP contribution is -2.49. The molecular weight excluding hydrogens is 358 g/mol. The number of morpholine rings is 1. The first-order valence-electron chi connectivity index (χ1n) is 7.74. The molecule has 1 aromatic heterocycles. The Kier molecular flexibility index (Phi) is 5.22. The van der Waals surface area contributed by atoms with Crippen LogP contribution in [-0.4, -0.2) is 92.2 Å². The molecule has 2 aliphatic rings. The number of H-pyrrole nitrogens is 1. The van der Waals surface area contributed by atoms with Crippen molar-refractivity contribution in [2.45, 2.75) is 11.4 Å². The number of aromatic nitrogens is 2. The molecule has 0 saturated carbocycles. The van der Waals surface area contributed by atoms with E-state index in [-0.39, 0.29) is 24.7 Å². The van der Waals surface area contributed by atoms with E-state index in [9.17, 15) is 16.8 Å². The van der Waals surface area contributed by atoms with E-state index in [1.165, 1.54) is 25.4 Å². The van der Waals surface area contributed by atoms with Crippen molar-refractivity contribution in [2.75, 3.05) is 52.5 Å². The highest BCUT2D eigenvalue weighted by Gasteiger charge is 2.35. The van der Waals surface area contributed by atoms with Crippen molar-refractivity contribution < 1.29 is 21.6 Å². The van der Waals surface area contributed by atoms with Crippen LogP contribution in [0.5, 0.6) is 0 Å². The number of nitrogens with zero attached hydrogens (tertiary/aromatic N) is 4. The first-order chi connectivity index (χ1) is 11.4. The Morgan fingerprint density at radius 2 is 1.54 bits per heavy atom. The molecule has 0 spiro atoms. The molecule has 3 rings (SSSR count). The van der Waals surface area contributed by atoms with Crippen molar-refractivity contribution in [2.24, 2.45) is 0 Å². The van der Waals surface area contributed by atoms with Crippen molar-refractivity contribution in [3.05, 3.63) is 12.5 Å². The van der Waals surface area contributed by atoms with Gasteiger partial charge < -0.3 is 9.72 Å². The second-order valence-corrected chi connectivity index (χ2v) is 9.43. The maximum Gasteiger partial charge on any atom is 0.282 e. The van der Waals surface area contributed by atoms with Gasteiger partial charge >= 0.3 is 0 Å². The van der Waals surface area contributed by atoms with E-state index in [2.05, 4.69) is 9.97 Å². The smallest absolute Gasteiger partial charge is 0.282 e. The monoisotopic (exact) mass is 379 g/mol. The number of hydrogen-bond donors (Lipinski definition) is 1. The maximum absolute atomic E-state index is 12.7. The number of aromatic amines is 1. The third kappa shape index (κ3) is 3.48. The minimum atomic E-state index is -3.68. The minimum absolute atomic E-state index is 0.0204. The Labute approximate surface area is 141 Å². The molecule has 0 amide bonds. The summed E-state index contributed by atoms with van der Waals surface area (Å²) < 4.78 is 59.7. The van der Waals surface area contributed by atoms with E-state index in [4.69, 9.17) is 4.74 Å². The van der Waals surface area contributed by atoms with Crippen LogP contribution < -0.4 is 0 Å². The third-order valence-corrected chi connectivity index (χ3v) is 7.99. The first kappa shape index (κ1) is 17.8. The Morgan fingerprint density at radius 1 is 0.917 bits per heavy atom. The van der Waals surface area contributed by atoms with Gasteiger partial charge in [0.25, 0.3) is 20.2 Å². The molecule has 0 aliphatic carbocycles. The molecule has 1 N–H and O–H groups in total. The molecule has 136 valence electrons. The average Bonchev–Trinajstić information content (AvgIpc) is 3.00. The average molecular weight is 379 g/mol. The fraction of sp³-hybridized carbons (Fsp3) is 0.750. The number of nitrogens with one attached hydrogen (secondary N) is 1. The van der Waals surface area contributed by atoms with E-state index in [0.29, 0.717) is 39.3 Å². The lowest BCUT2D eigenvalue weighted by atomic mass is 10.4. The minimum Gasteiger partial charge on any atom is -0.379 e. The summed E-state index contributed by atoms with van der Waals surface area (Å²) in [6.07, 6.45) is 3.00. The van der Waals surface area contributed by atoms with Crippen molar-refractivity contribution in [1.29, 1.82) is 0 Å². The standard InChI is InChI=1S/C12H21N5O5S2/c18-23(19,12-10-13-11-14-12)15-2-1-3-16(5-4-15)24(20,21)17-6-8-22-9-7-17/h10-11H,1-9H2,(H,13,14). The molecule has 3 heterocycles. The second-order valence-electron chi connectivity index (χ2n) is 5.59. The summed E-state index contributed by atoms with van der Waals surface area (Å²) in [4.78, 5) is 6.33.